The molecule has 1 heteroatoms. The standard InChI is InChI=1S/C65H49N/c1-8-22-46(23-9-1)40-50(48-24-10-2-11-25-48)41-47-36-38-56-58-45-63-59(44-61(58)64(60(56)42-47)49-26-12-3-13-27-49)57-39-37-55(66(53-32-18-6-19-33-53)54-34-20-7-21-35-54)43-62(57)65(63,51-28-14-4-15-29-51)52-30-16-5-17-31-52/h1-39,42-45,50,64H,40-41H2. The lowest BCUT2D eigenvalue weighted by Crippen LogP contribution is -2.29. The van der Waals surface area contributed by atoms with E-state index in [1.54, 1.807) is 0 Å². The van der Waals surface area contributed by atoms with Crippen LogP contribution in [0.5, 0.6) is 0 Å². The average molecular weight is 844 g/mol. The lowest BCUT2D eigenvalue weighted by molar-refractivity contribution is 0.679. The molecule has 0 N–H and O–H groups in total. The third-order valence-corrected chi connectivity index (χ3v) is 14.2. The van der Waals surface area contributed by atoms with Crippen LogP contribution in [0.3, 0.4) is 0 Å². The molecule has 0 fully saturated rings. The number of fused-ring (bicyclic) bond motifs is 6. The molecule has 1 nitrogen and oxygen atoms in total. The van der Waals surface area contributed by atoms with E-state index in [0.29, 0.717) is 5.92 Å². The van der Waals surface area contributed by atoms with Crippen molar-refractivity contribution in [2.45, 2.75) is 30.1 Å². The zero-order valence-electron chi connectivity index (χ0n) is 36.8. The van der Waals surface area contributed by atoms with E-state index in [9.17, 15) is 0 Å². The molecule has 0 saturated carbocycles. The molecule has 66 heavy (non-hydrogen) atoms. The minimum atomic E-state index is -0.581. The van der Waals surface area contributed by atoms with Crippen molar-refractivity contribution in [2.75, 3.05) is 4.90 Å². The van der Waals surface area contributed by atoms with Crippen LogP contribution >= 0.6 is 0 Å². The topological polar surface area (TPSA) is 3.24 Å². The fourth-order valence-electron chi connectivity index (χ4n) is 11.4. The fraction of sp³-hybridized carbons (Fsp3) is 0.0769. The van der Waals surface area contributed by atoms with Crippen LogP contribution in [0.25, 0.3) is 22.3 Å². The molecule has 10 aromatic rings. The summed E-state index contributed by atoms with van der Waals surface area (Å²) in [6.07, 6.45) is 1.96. The van der Waals surface area contributed by atoms with Crippen LogP contribution in [-0.4, -0.2) is 0 Å². The van der Waals surface area contributed by atoms with Gasteiger partial charge in [-0.3, -0.25) is 0 Å². The molecule has 0 spiro atoms. The van der Waals surface area contributed by atoms with Gasteiger partial charge in [0.25, 0.3) is 0 Å². The van der Waals surface area contributed by atoms with Crippen molar-refractivity contribution >= 4 is 17.1 Å². The Morgan fingerprint density at radius 1 is 0.348 bits per heavy atom. The van der Waals surface area contributed by atoms with Gasteiger partial charge in [-0.1, -0.05) is 212 Å². The van der Waals surface area contributed by atoms with Crippen LogP contribution < -0.4 is 4.90 Å². The normalized spacial score (nSPS) is 14.4. The minimum absolute atomic E-state index is 0.101. The Hall–Kier alpha value is -8.00. The molecule has 2 aliphatic carbocycles. The van der Waals surface area contributed by atoms with Gasteiger partial charge in [0.05, 0.1) is 5.41 Å². The number of benzene rings is 10. The van der Waals surface area contributed by atoms with E-state index in [2.05, 4.69) is 266 Å². The van der Waals surface area contributed by atoms with Gasteiger partial charge in [0.2, 0.25) is 0 Å². The molecule has 2 unspecified atom stereocenters. The Bertz CT molecular complexity index is 3200. The summed E-state index contributed by atoms with van der Waals surface area (Å²) in [6, 6.07) is 97.0. The van der Waals surface area contributed by atoms with E-state index >= 15 is 0 Å². The van der Waals surface area contributed by atoms with Crippen molar-refractivity contribution in [3.8, 4) is 22.3 Å². The van der Waals surface area contributed by atoms with Gasteiger partial charge in [-0.2, -0.15) is 0 Å². The molecule has 0 amide bonds. The van der Waals surface area contributed by atoms with Gasteiger partial charge in [-0.05, 0) is 145 Å². The van der Waals surface area contributed by atoms with E-state index in [1.807, 2.05) is 0 Å². The van der Waals surface area contributed by atoms with Gasteiger partial charge in [-0.25, -0.2) is 0 Å². The zero-order chi connectivity index (χ0) is 43.9. The van der Waals surface area contributed by atoms with Crippen molar-refractivity contribution in [3.05, 3.63) is 316 Å². The molecule has 2 aliphatic rings. The SMILES string of the molecule is c1ccc(CC(Cc2ccc3c(c2)C(c2ccccc2)c2cc4c(cc2-3)C(c2ccccc2)(c2ccccc2)c2cc(N(c3ccccc3)c3ccccc3)ccc2-4)c2ccccc2)cc1. The summed E-state index contributed by atoms with van der Waals surface area (Å²) in [5.74, 6) is 0.455. The monoisotopic (exact) mass is 843 g/mol. The van der Waals surface area contributed by atoms with Gasteiger partial charge < -0.3 is 4.90 Å². The fourth-order valence-corrected chi connectivity index (χ4v) is 11.4. The lowest BCUT2D eigenvalue weighted by atomic mass is 9.67. The molecule has 0 saturated heterocycles. The maximum absolute atomic E-state index is 2.58. The molecule has 0 aliphatic heterocycles. The molecule has 0 radical (unpaired) electrons. The number of nitrogens with zero attached hydrogens (tertiary/aromatic N) is 1. The van der Waals surface area contributed by atoms with Crippen LogP contribution in [0.4, 0.5) is 17.1 Å². The first-order valence-electron chi connectivity index (χ1n) is 23.4. The van der Waals surface area contributed by atoms with Crippen molar-refractivity contribution < 1.29 is 0 Å². The van der Waals surface area contributed by atoms with Crippen molar-refractivity contribution in [3.63, 3.8) is 0 Å². The molecular formula is C65H49N. The van der Waals surface area contributed by atoms with Gasteiger partial charge in [0.1, 0.15) is 0 Å². The Labute approximate surface area is 389 Å². The van der Waals surface area contributed by atoms with Gasteiger partial charge in [0.15, 0.2) is 0 Å². The van der Waals surface area contributed by atoms with Gasteiger partial charge >= 0.3 is 0 Å². The zero-order valence-corrected chi connectivity index (χ0v) is 36.8. The predicted octanol–water partition coefficient (Wildman–Crippen LogP) is 16.2. The van der Waals surface area contributed by atoms with Crippen molar-refractivity contribution in [2.24, 2.45) is 0 Å². The van der Waals surface area contributed by atoms with E-state index in [-0.39, 0.29) is 5.92 Å². The second-order valence-electron chi connectivity index (χ2n) is 18.0. The number of rotatable bonds is 11. The second kappa shape index (κ2) is 16.8. The molecular weight excluding hydrogens is 795 g/mol. The Kier molecular flexibility index (Phi) is 10.1. The second-order valence-corrected chi connectivity index (χ2v) is 18.0. The van der Waals surface area contributed by atoms with E-state index in [0.717, 1.165) is 29.9 Å². The summed E-state index contributed by atoms with van der Waals surface area (Å²) in [5.41, 5.74) is 21.4. The first-order chi connectivity index (χ1) is 32.7. The maximum atomic E-state index is 2.58. The maximum Gasteiger partial charge on any atom is 0.0714 e. The predicted molar refractivity (Wildman–Crippen MR) is 274 cm³/mol. The summed E-state index contributed by atoms with van der Waals surface area (Å²) in [6.45, 7) is 0. The summed E-state index contributed by atoms with van der Waals surface area (Å²) in [5, 5.41) is 0. The van der Waals surface area contributed by atoms with Crippen LogP contribution in [0.15, 0.2) is 261 Å². The van der Waals surface area contributed by atoms with Crippen molar-refractivity contribution in [1.82, 2.24) is 0 Å². The first kappa shape index (κ1) is 39.6. The highest BCUT2D eigenvalue weighted by Crippen LogP contribution is 2.61. The Morgan fingerprint density at radius 2 is 0.833 bits per heavy atom. The highest BCUT2D eigenvalue weighted by molar-refractivity contribution is 5.94. The van der Waals surface area contributed by atoms with Crippen LogP contribution in [0.1, 0.15) is 67.5 Å². The number of para-hydroxylation sites is 2. The molecule has 0 heterocycles. The number of hydrogen-bond donors (Lipinski definition) is 0. The quantitative estimate of drug-likeness (QED) is 0.125. The van der Waals surface area contributed by atoms with Crippen molar-refractivity contribution in [1.29, 1.82) is 0 Å². The van der Waals surface area contributed by atoms with Gasteiger partial charge in [0, 0.05) is 23.0 Å². The van der Waals surface area contributed by atoms with Crippen LogP contribution in [0, 0.1) is 0 Å². The molecule has 10 aromatic carbocycles. The smallest absolute Gasteiger partial charge is 0.0714 e. The molecule has 2 atom stereocenters. The molecule has 0 aromatic heterocycles. The van der Waals surface area contributed by atoms with Crippen LogP contribution in [-0.2, 0) is 18.3 Å². The lowest BCUT2D eigenvalue weighted by Gasteiger charge is -2.35. The van der Waals surface area contributed by atoms with E-state index in [4.69, 9.17) is 0 Å². The highest BCUT2D eigenvalue weighted by Gasteiger charge is 2.48. The highest BCUT2D eigenvalue weighted by atomic mass is 15.1. The van der Waals surface area contributed by atoms with E-state index < -0.39 is 5.41 Å². The summed E-state index contributed by atoms with van der Waals surface area (Å²) in [4.78, 5) is 2.39. The van der Waals surface area contributed by atoms with E-state index in [1.165, 1.54) is 77.9 Å². The summed E-state index contributed by atoms with van der Waals surface area (Å²) in [7, 11) is 0. The average Bonchev–Trinajstić information content (AvgIpc) is 3.86. The number of anilines is 3. The molecule has 314 valence electrons. The first-order valence-corrected chi connectivity index (χ1v) is 23.4. The Morgan fingerprint density at radius 3 is 1.44 bits per heavy atom. The third-order valence-electron chi connectivity index (χ3n) is 14.2. The largest absolute Gasteiger partial charge is 0.310 e. The number of hydrogen-bond acceptors (Lipinski definition) is 1. The summed E-state index contributed by atoms with van der Waals surface area (Å²) >= 11 is 0. The molecule has 12 rings (SSSR count). The minimum Gasteiger partial charge on any atom is -0.310 e. The Balaban J connectivity index is 1.06. The molecule has 0 bridgehead atoms. The third kappa shape index (κ3) is 6.79. The van der Waals surface area contributed by atoms with Gasteiger partial charge in [-0.15, -0.1) is 0 Å². The van der Waals surface area contributed by atoms with Crippen LogP contribution in [0.2, 0.25) is 0 Å². The summed E-state index contributed by atoms with van der Waals surface area (Å²) < 4.78 is 0.